The van der Waals surface area contributed by atoms with E-state index in [9.17, 15) is 19.7 Å². The highest BCUT2D eigenvalue weighted by atomic mass is 16.6. The molecule has 2 heterocycles. The zero-order valence-electron chi connectivity index (χ0n) is 13.4. The fourth-order valence-corrected chi connectivity index (χ4v) is 2.40. The number of anilines is 2. The second kappa shape index (κ2) is 6.89. The average Bonchev–Trinajstić information content (AvgIpc) is 2.60. The first-order chi connectivity index (χ1) is 12.5. The van der Waals surface area contributed by atoms with Gasteiger partial charge < -0.3 is 16.4 Å². The molecule has 3 aromatic rings. The number of fused-ring (bicyclic) bond motifs is 1. The number of pyridine rings is 1. The number of primary amides is 1. The van der Waals surface area contributed by atoms with Crippen molar-refractivity contribution in [2.24, 2.45) is 5.73 Å². The van der Waals surface area contributed by atoms with E-state index in [1.165, 1.54) is 6.20 Å². The van der Waals surface area contributed by atoms with E-state index >= 15 is 0 Å². The number of nitrogens with two attached hydrogens (primary N) is 1. The number of urea groups is 1. The molecule has 1 aromatic carbocycles. The van der Waals surface area contributed by atoms with Crippen molar-refractivity contribution < 1.29 is 9.72 Å². The van der Waals surface area contributed by atoms with Crippen LogP contribution in [-0.4, -0.2) is 20.3 Å². The summed E-state index contributed by atoms with van der Waals surface area (Å²) in [5.74, 6) is -0.106. The van der Waals surface area contributed by atoms with Gasteiger partial charge in [-0.1, -0.05) is 18.2 Å². The van der Waals surface area contributed by atoms with E-state index in [0.717, 1.165) is 9.96 Å². The third-order valence-electron chi connectivity index (χ3n) is 3.57. The monoisotopic (exact) mass is 354 g/mol. The molecule has 4 N–H and O–H groups in total. The first kappa shape index (κ1) is 16.9. The van der Waals surface area contributed by atoms with E-state index in [4.69, 9.17) is 5.73 Å². The highest BCUT2D eigenvalue weighted by molar-refractivity contribution is 5.87. The van der Waals surface area contributed by atoms with Crippen LogP contribution < -0.4 is 21.9 Å². The molecule has 10 heteroatoms. The molecular formula is C16H14N6O4. The van der Waals surface area contributed by atoms with E-state index in [2.05, 4.69) is 15.6 Å². The Morgan fingerprint density at radius 2 is 1.96 bits per heavy atom. The third-order valence-corrected chi connectivity index (χ3v) is 3.57. The SMILES string of the molecule is NC(=O)Nc1ccc(CNc2nc3ccccn3c(=O)c2[N+](=O)[O-])cc1. The maximum atomic E-state index is 12.3. The van der Waals surface area contributed by atoms with Crippen molar-refractivity contribution in [3.8, 4) is 0 Å². The van der Waals surface area contributed by atoms with Crippen molar-refractivity contribution in [2.75, 3.05) is 10.6 Å². The molecule has 0 unspecified atom stereocenters. The van der Waals surface area contributed by atoms with Crippen LogP contribution in [0.3, 0.4) is 0 Å². The summed E-state index contributed by atoms with van der Waals surface area (Å²) in [6.45, 7) is 0.202. The van der Waals surface area contributed by atoms with Gasteiger partial charge >= 0.3 is 17.3 Å². The van der Waals surface area contributed by atoms with E-state index < -0.39 is 22.2 Å². The van der Waals surface area contributed by atoms with Crippen LogP contribution in [0, 0.1) is 10.1 Å². The Bertz CT molecular complexity index is 1040. The van der Waals surface area contributed by atoms with Gasteiger partial charge in [-0.05, 0) is 29.8 Å². The number of nitrogens with one attached hydrogen (secondary N) is 2. The van der Waals surface area contributed by atoms with E-state index in [0.29, 0.717) is 11.3 Å². The van der Waals surface area contributed by atoms with Gasteiger partial charge in [0.25, 0.3) is 0 Å². The van der Waals surface area contributed by atoms with Crippen LogP contribution in [0.5, 0.6) is 0 Å². The summed E-state index contributed by atoms with van der Waals surface area (Å²) in [5.41, 5.74) is 5.24. The van der Waals surface area contributed by atoms with Gasteiger partial charge in [0.2, 0.25) is 5.82 Å². The largest absolute Gasteiger partial charge is 0.376 e. The second-order valence-corrected chi connectivity index (χ2v) is 5.34. The van der Waals surface area contributed by atoms with Gasteiger partial charge in [0, 0.05) is 18.4 Å². The van der Waals surface area contributed by atoms with Gasteiger partial charge in [0.05, 0.1) is 4.92 Å². The molecule has 2 amide bonds. The number of carbonyl (C=O) groups is 1. The summed E-state index contributed by atoms with van der Waals surface area (Å²) in [4.78, 5) is 37.9. The Morgan fingerprint density at radius 1 is 1.23 bits per heavy atom. The Kier molecular flexibility index (Phi) is 4.48. The Balaban J connectivity index is 1.88. The Labute approximate surface area is 146 Å². The summed E-state index contributed by atoms with van der Waals surface area (Å²) < 4.78 is 1.12. The zero-order valence-corrected chi connectivity index (χ0v) is 13.4. The average molecular weight is 354 g/mol. The van der Waals surface area contributed by atoms with Crippen molar-refractivity contribution in [2.45, 2.75) is 6.54 Å². The minimum atomic E-state index is -0.760. The summed E-state index contributed by atoms with van der Waals surface area (Å²) >= 11 is 0. The molecule has 3 rings (SSSR count). The lowest BCUT2D eigenvalue weighted by Gasteiger charge is -2.09. The molecule has 26 heavy (non-hydrogen) atoms. The molecular weight excluding hydrogens is 340 g/mol. The van der Waals surface area contributed by atoms with E-state index in [1.54, 1.807) is 42.5 Å². The van der Waals surface area contributed by atoms with Crippen LogP contribution in [0.25, 0.3) is 5.65 Å². The minimum Gasteiger partial charge on any atom is -0.360 e. The number of amides is 2. The molecule has 0 bridgehead atoms. The summed E-state index contributed by atoms with van der Waals surface area (Å²) in [7, 11) is 0. The van der Waals surface area contributed by atoms with Gasteiger partial charge in [0.15, 0.2) is 0 Å². The molecule has 0 saturated heterocycles. The highest BCUT2D eigenvalue weighted by Gasteiger charge is 2.23. The van der Waals surface area contributed by atoms with Crippen molar-refractivity contribution in [3.05, 3.63) is 74.7 Å². The first-order valence-corrected chi connectivity index (χ1v) is 7.51. The summed E-state index contributed by atoms with van der Waals surface area (Å²) in [6, 6.07) is 10.9. The third kappa shape index (κ3) is 3.43. The van der Waals surface area contributed by atoms with Crippen molar-refractivity contribution >= 4 is 28.9 Å². The predicted molar refractivity (Wildman–Crippen MR) is 95.1 cm³/mol. The molecule has 0 aliphatic rings. The molecule has 0 spiro atoms. The number of hydrogen-bond acceptors (Lipinski definition) is 6. The normalized spacial score (nSPS) is 10.5. The molecule has 10 nitrogen and oxygen atoms in total. The van der Waals surface area contributed by atoms with Gasteiger partial charge in [-0.25, -0.2) is 9.78 Å². The quantitative estimate of drug-likeness (QED) is 0.470. The second-order valence-electron chi connectivity index (χ2n) is 5.34. The van der Waals surface area contributed by atoms with Gasteiger partial charge in [-0.2, -0.15) is 0 Å². The van der Waals surface area contributed by atoms with E-state index in [-0.39, 0.29) is 12.4 Å². The van der Waals surface area contributed by atoms with Crippen LogP contribution >= 0.6 is 0 Å². The Morgan fingerprint density at radius 3 is 2.62 bits per heavy atom. The minimum absolute atomic E-state index is 0.106. The standard InChI is InChI=1S/C16H14N6O4/c17-16(24)19-11-6-4-10(5-7-11)9-18-14-13(22(25)26)15(23)21-8-2-1-3-12(21)20-14/h1-8,18H,9H2,(H3,17,19,24). The number of rotatable bonds is 5. The maximum Gasteiger partial charge on any atom is 0.376 e. The molecule has 0 radical (unpaired) electrons. The number of nitrogens with zero attached hydrogens (tertiary/aromatic N) is 3. The number of benzene rings is 1. The van der Waals surface area contributed by atoms with Crippen LogP contribution in [0.15, 0.2) is 53.5 Å². The summed E-state index contributed by atoms with van der Waals surface area (Å²) in [6.07, 6.45) is 1.42. The lowest BCUT2D eigenvalue weighted by atomic mass is 10.2. The first-order valence-electron chi connectivity index (χ1n) is 7.51. The van der Waals surface area contributed by atoms with Crippen molar-refractivity contribution in [1.29, 1.82) is 0 Å². The molecule has 2 aromatic heterocycles. The van der Waals surface area contributed by atoms with Crippen LogP contribution in [-0.2, 0) is 6.54 Å². The fourth-order valence-electron chi connectivity index (χ4n) is 2.40. The molecule has 0 aliphatic heterocycles. The fraction of sp³-hybridized carbons (Fsp3) is 0.0625. The topological polar surface area (TPSA) is 145 Å². The van der Waals surface area contributed by atoms with Crippen molar-refractivity contribution in [3.63, 3.8) is 0 Å². The number of aromatic nitrogens is 2. The predicted octanol–water partition coefficient (Wildman–Crippen LogP) is 1.71. The lowest BCUT2D eigenvalue weighted by molar-refractivity contribution is -0.385. The molecule has 0 saturated carbocycles. The number of carbonyl (C=O) groups excluding carboxylic acids is 1. The molecule has 0 atom stereocenters. The maximum absolute atomic E-state index is 12.3. The van der Waals surface area contributed by atoms with Crippen LogP contribution in [0.4, 0.5) is 22.0 Å². The molecule has 132 valence electrons. The number of hydrogen-bond donors (Lipinski definition) is 3. The van der Waals surface area contributed by atoms with Gasteiger partial charge in [-0.15, -0.1) is 0 Å². The molecule has 0 fully saturated rings. The highest BCUT2D eigenvalue weighted by Crippen LogP contribution is 2.19. The number of nitro groups is 1. The van der Waals surface area contributed by atoms with Crippen LogP contribution in [0.2, 0.25) is 0 Å². The molecule has 0 aliphatic carbocycles. The summed E-state index contributed by atoms with van der Waals surface area (Å²) in [5, 5.41) is 16.6. The van der Waals surface area contributed by atoms with Crippen LogP contribution in [0.1, 0.15) is 5.56 Å². The van der Waals surface area contributed by atoms with E-state index in [1.807, 2.05) is 0 Å². The lowest BCUT2D eigenvalue weighted by Crippen LogP contribution is -2.21. The van der Waals surface area contributed by atoms with Gasteiger partial charge in [0.1, 0.15) is 5.65 Å². The van der Waals surface area contributed by atoms with Crippen molar-refractivity contribution in [1.82, 2.24) is 9.38 Å². The smallest absolute Gasteiger partial charge is 0.360 e. The Hall–Kier alpha value is -3.95. The van der Waals surface area contributed by atoms with Gasteiger partial charge in [-0.3, -0.25) is 19.3 Å². The zero-order chi connectivity index (χ0) is 18.7.